The molecule has 1 unspecified atom stereocenters. The Balaban J connectivity index is 1.60. The molecular formula is C19H26N2S. The van der Waals surface area contributed by atoms with E-state index in [1.165, 1.54) is 41.5 Å². The first-order valence-corrected chi connectivity index (χ1v) is 9.20. The van der Waals surface area contributed by atoms with Gasteiger partial charge in [-0.3, -0.25) is 0 Å². The predicted molar refractivity (Wildman–Crippen MR) is 97.6 cm³/mol. The van der Waals surface area contributed by atoms with Crippen molar-refractivity contribution < 1.29 is 0 Å². The van der Waals surface area contributed by atoms with Crippen molar-refractivity contribution in [1.82, 2.24) is 4.90 Å². The summed E-state index contributed by atoms with van der Waals surface area (Å²) in [5.41, 5.74) is 1.36. The number of hydrogen-bond acceptors (Lipinski definition) is 3. The van der Waals surface area contributed by atoms with E-state index in [0.717, 1.165) is 13.1 Å². The number of nitrogens with zero attached hydrogens (tertiary/aromatic N) is 2. The number of likely N-dealkylation sites (N-methyl/N-ethyl adjacent to an activating group) is 1. The molecule has 0 aromatic heterocycles. The average molecular weight is 314 g/mol. The van der Waals surface area contributed by atoms with E-state index in [4.69, 9.17) is 0 Å². The molecule has 3 rings (SSSR count). The Bertz CT molecular complexity index is 539. The van der Waals surface area contributed by atoms with Gasteiger partial charge in [-0.05, 0) is 43.1 Å². The molecule has 1 aromatic rings. The Morgan fingerprint density at radius 3 is 2.45 bits per heavy atom. The summed E-state index contributed by atoms with van der Waals surface area (Å²) in [6.45, 7) is 10.4. The van der Waals surface area contributed by atoms with Crippen LogP contribution < -0.4 is 4.90 Å². The summed E-state index contributed by atoms with van der Waals surface area (Å²) in [6.07, 6.45) is 8.09. The Morgan fingerprint density at radius 2 is 1.82 bits per heavy atom. The Labute approximate surface area is 138 Å². The number of anilines is 1. The van der Waals surface area contributed by atoms with Gasteiger partial charge in [0.05, 0.1) is 0 Å². The fourth-order valence-electron chi connectivity index (χ4n) is 3.05. The van der Waals surface area contributed by atoms with E-state index in [0.29, 0.717) is 5.92 Å². The number of allylic oxidation sites excluding steroid dienone is 3. The highest BCUT2D eigenvalue weighted by atomic mass is 32.2. The lowest BCUT2D eigenvalue weighted by molar-refractivity contribution is 0.271. The summed E-state index contributed by atoms with van der Waals surface area (Å²) >= 11 is 1.88. The van der Waals surface area contributed by atoms with Crippen LogP contribution in [0.25, 0.3) is 0 Å². The van der Waals surface area contributed by atoms with Crippen LogP contribution in [0.4, 0.5) is 5.69 Å². The molecule has 3 heteroatoms. The van der Waals surface area contributed by atoms with E-state index < -0.39 is 0 Å². The maximum Gasteiger partial charge on any atom is 0.0367 e. The van der Waals surface area contributed by atoms with Crippen LogP contribution in [0.5, 0.6) is 0 Å². The van der Waals surface area contributed by atoms with Gasteiger partial charge >= 0.3 is 0 Å². The Kier molecular flexibility index (Phi) is 5.27. The molecule has 0 bridgehead atoms. The zero-order valence-electron chi connectivity index (χ0n) is 13.7. The highest BCUT2D eigenvalue weighted by Gasteiger charge is 2.15. The molecule has 1 aromatic carbocycles. The Hall–Kier alpha value is -1.19. The summed E-state index contributed by atoms with van der Waals surface area (Å²) in [5.74, 6) is 0.668. The third-order valence-corrected chi connectivity index (χ3v) is 5.51. The summed E-state index contributed by atoms with van der Waals surface area (Å²) < 4.78 is 0. The van der Waals surface area contributed by atoms with Crippen LogP contribution >= 0.6 is 11.8 Å². The maximum absolute atomic E-state index is 2.52. The molecule has 0 saturated carbocycles. The number of benzene rings is 1. The van der Waals surface area contributed by atoms with Crippen molar-refractivity contribution in [3.05, 3.63) is 47.4 Å². The van der Waals surface area contributed by atoms with Crippen LogP contribution in [-0.2, 0) is 0 Å². The summed E-state index contributed by atoms with van der Waals surface area (Å²) in [7, 11) is 0. The first-order valence-electron chi connectivity index (χ1n) is 8.38. The quantitative estimate of drug-likeness (QED) is 0.813. The van der Waals surface area contributed by atoms with Gasteiger partial charge in [0.1, 0.15) is 0 Å². The molecule has 1 atom stereocenters. The van der Waals surface area contributed by atoms with E-state index in [1.54, 1.807) is 0 Å². The fraction of sp³-hybridized carbons (Fsp3) is 0.474. The Morgan fingerprint density at radius 1 is 1.09 bits per heavy atom. The van der Waals surface area contributed by atoms with Crippen molar-refractivity contribution >= 4 is 17.4 Å². The highest BCUT2D eigenvalue weighted by Crippen LogP contribution is 2.32. The van der Waals surface area contributed by atoms with Crippen molar-refractivity contribution in [2.45, 2.75) is 25.2 Å². The molecule has 0 spiro atoms. The second-order valence-corrected chi connectivity index (χ2v) is 7.35. The predicted octanol–water partition coefficient (Wildman–Crippen LogP) is 4.40. The van der Waals surface area contributed by atoms with E-state index in [9.17, 15) is 0 Å². The van der Waals surface area contributed by atoms with Crippen LogP contribution in [0.2, 0.25) is 0 Å². The van der Waals surface area contributed by atoms with Gasteiger partial charge in [0, 0.05) is 41.7 Å². The third-order valence-electron chi connectivity index (χ3n) is 4.50. The lowest BCUT2D eigenvalue weighted by atomic mass is 10.0. The normalized spacial score (nSPS) is 22.7. The van der Waals surface area contributed by atoms with Gasteiger partial charge in [-0.1, -0.05) is 43.8 Å². The van der Waals surface area contributed by atoms with Crippen molar-refractivity contribution in [1.29, 1.82) is 0 Å². The summed E-state index contributed by atoms with van der Waals surface area (Å²) in [5, 5.41) is 0. The number of piperazine rings is 1. The summed E-state index contributed by atoms with van der Waals surface area (Å²) in [4.78, 5) is 7.73. The average Bonchev–Trinajstić information content (AvgIpc) is 2.56. The van der Waals surface area contributed by atoms with Gasteiger partial charge in [0.2, 0.25) is 0 Å². The molecule has 1 saturated heterocycles. The van der Waals surface area contributed by atoms with Gasteiger partial charge in [-0.25, -0.2) is 0 Å². The monoisotopic (exact) mass is 314 g/mol. The van der Waals surface area contributed by atoms with Gasteiger partial charge < -0.3 is 9.80 Å². The third kappa shape index (κ3) is 3.96. The molecule has 1 aliphatic carbocycles. The largest absolute Gasteiger partial charge is 0.369 e. The highest BCUT2D eigenvalue weighted by molar-refractivity contribution is 8.03. The lowest BCUT2D eigenvalue weighted by Gasteiger charge is -2.35. The molecule has 1 aliphatic heterocycles. The first-order chi connectivity index (χ1) is 10.7. The van der Waals surface area contributed by atoms with E-state index in [-0.39, 0.29) is 0 Å². The molecule has 118 valence electrons. The minimum atomic E-state index is 0.668. The van der Waals surface area contributed by atoms with Crippen molar-refractivity contribution in [2.75, 3.05) is 37.6 Å². The first kappa shape index (κ1) is 15.7. The van der Waals surface area contributed by atoms with E-state index >= 15 is 0 Å². The molecule has 22 heavy (non-hydrogen) atoms. The van der Waals surface area contributed by atoms with E-state index in [1.807, 2.05) is 11.8 Å². The second kappa shape index (κ2) is 7.38. The number of rotatable bonds is 4. The van der Waals surface area contributed by atoms with Gasteiger partial charge in [0.15, 0.2) is 0 Å². The van der Waals surface area contributed by atoms with E-state index in [2.05, 4.69) is 66.1 Å². The topological polar surface area (TPSA) is 6.48 Å². The molecule has 0 N–H and O–H groups in total. The maximum atomic E-state index is 2.52. The van der Waals surface area contributed by atoms with Crippen LogP contribution in [0.1, 0.15) is 20.3 Å². The van der Waals surface area contributed by atoms with Crippen LogP contribution in [-0.4, -0.2) is 37.6 Å². The van der Waals surface area contributed by atoms with Crippen LogP contribution in [0.3, 0.4) is 0 Å². The second-order valence-electron chi connectivity index (χ2n) is 6.20. The smallest absolute Gasteiger partial charge is 0.0367 e. The molecular weight excluding hydrogens is 288 g/mol. The van der Waals surface area contributed by atoms with Crippen LogP contribution in [0, 0.1) is 5.92 Å². The van der Waals surface area contributed by atoms with Crippen molar-refractivity contribution in [2.24, 2.45) is 5.92 Å². The standard InChI is InChI=1S/C19H26N2S/c1-3-20-11-13-21(14-12-20)17-7-9-18(10-8-17)22-19-6-4-5-16(2)15-19/h4,6-10,15-16H,3,5,11-14H2,1-2H3. The minimum absolute atomic E-state index is 0.668. The van der Waals surface area contributed by atoms with Crippen molar-refractivity contribution in [3.8, 4) is 0 Å². The van der Waals surface area contributed by atoms with Gasteiger partial charge in [0.25, 0.3) is 0 Å². The number of thioether (sulfide) groups is 1. The van der Waals surface area contributed by atoms with Gasteiger partial charge in [-0.2, -0.15) is 0 Å². The van der Waals surface area contributed by atoms with Crippen molar-refractivity contribution in [3.63, 3.8) is 0 Å². The zero-order chi connectivity index (χ0) is 15.4. The fourth-order valence-corrected chi connectivity index (χ4v) is 4.06. The molecule has 1 heterocycles. The zero-order valence-corrected chi connectivity index (χ0v) is 14.5. The molecule has 0 amide bonds. The molecule has 1 fully saturated rings. The number of hydrogen-bond donors (Lipinski definition) is 0. The SMILES string of the molecule is CCN1CCN(c2ccc(SC3=CC(C)CC=C3)cc2)CC1. The van der Waals surface area contributed by atoms with Gasteiger partial charge in [-0.15, -0.1) is 0 Å². The molecule has 0 radical (unpaired) electrons. The molecule has 2 nitrogen and oxygen atoms in total. The summed E-state index contributed by atoms with van der Waals surface area (Å²) in [6, 6.07) is 9.08. The van der Waals surface area contributed by atoms with Crippen LogP contribution in [0.15, 0.2) is 52.3 Å². The molecule has 2 aliphatic rings. The minimum Gasteiger partial charge on any atom is -0.369 e. The lowest BCUT2D eigenvalue weighted by Crippen LogP contribution is -2.46.